The van der Waals surface area contributed by atoms with Gasteiger partial charge >= 0.3 is 0 Å². The predicted molar refractivity (Wildman–Crippen MR) is 120 cm³/mol. The number of sulfonamides is 1. The van der Waals surface area contributed by atoms with Gasteiger partial charge in [-0.1, -0.05) is 6.07 Å². The molecule has 11 heteroatoms. The molecule has 2 aromatic heterocycles. The van der Waals surface area contributed by atoms with E-state index < -0.39 is 10.0 Å². The van der Waals surface area contributed by atoms with Gasteiger partial charge in [0.15, 0.2) is 5.82 Å². The molecule has 1 saturated carbocycles. The lowest BCUT2D eigenvalue weighted by atomic mass is 9.78. The van der Waals surface area contributed by atoms with Gasteiger partial charge in [0.05, 0.1) is 6.04 Å². The molecule has 9 nitrogen and oxygen atoms in total. The Hall–Kier alpha value is -1.82. The summed E-state index contributed by atoms with van der Waals surface area (Å²) in [5.41, 5.74) is 6.53. The van der Waals surface area contributed by atoms with Gasteiger partial charge in [-0.25, -0.2) is 13.1 Å². The summed E-state index contributed by atoms with van der Waals surface area (Å²) < 4.78 is 27.7. The summed E-state index contributed by atoms with van der Waals surface area (Å²) in [5, 5.41) is 8.03. The molecule has 1 aliphatic carbocycles. The maximum Gasteiger partial charge on any atom is 0.250 e. The van der Waals surface area contributed by atoms with Crippen molar-refractivity contribution in [3.8, 4) is 0 Å². The quantitative estimate of drug-likeness (QED) is 0.431. The van der Waals surface area contributed by atoms with Crippen LogP contribution in [-0.2, 0) is 10.0 Å². The lowest BCUT2D eigenvalue weighted by molar-refractivity contribution is 0.240. The Bertz CT molecular complexity index is 873. The first-order valence-electron chi connectivity index (χ1n) is 10.4. The molecule has 0 bridgehead atoms. The summed E-state index contributed by atoms with van der Waals surface area (Å²) in [6.45, 7) is 5.88. The highest BCUT2D eigenvalue weighted by Crippen LogP contribution is 2.35. The highest BCUT2D eigenvalue weighted by molar-refractivity contribution is 7.91. The lowest BCUT2D eigenvalue weighted by Gasteiger charge is -2.31. The Balaban J connectivity index is 1.57. The number of anilines is 2. The van der Waals surface area contributed by atoms with E-state index in [0.717, 1.165) is 38.8 Å². The number of thiophene rings is 1. The fourth-order valence-electron chi connectivity index (χ4n) is 3.69. The molecule has 0 radical (unpaired) electrons. The summed E-state index contributed by atoms with van der Waals surface area (Å²) in [6, 6.07) is 3.10. The highest BCUT2D eigenvalue weighted by atomic mass is 32.2. The van der Waals surface area contributed by atoms with Gasteiger partial charge in [0, 0.05) is 19.6 Å². The van der Waals surface area contributed by atoms with E-state index in [1.165, 1.54) is 11.3 Å². The van der Waals surface area contributed by atoms with E-state index in [1.54, 1.807) is 17.5 Å². The van der Waals surface area contributed by atoms with Gasteiger partial charge < -0.3 is 16.4 Å². The molecule has 5 N–H and O–H groups in total. The number of nitrogens with two attached hydrogens (primary N) is 1. The van der Waals surface area contributed by atoms with Crippen LogP contribution in [0.15, 0.2) is 21.7 Å². The molecule has 3 rings (SSSR count). The molecule has 2 heterocycles. The van der Waals surface area contributed by atoms with Crippen LogP contribution in [0.1, 0.15) is 51.4 Å². The van der Waals surface area contributed by atoms with E-state index in [1.807, 2.05) is 13.8 Å². The van der Waals surface area contributed by atoms with E-state index in [9.17, 15) is 8.42 Å². The summed E-state index contributed by atoms with van der Waals surface area (Å²) in [6.07, 6.45) is 3.70. The number of hydrogen-bond acceptors (Lipinski definition) is 9. The van der Waals surface area contributed by atoms with E-state index >= 15 is 0 Å². The number of hydrogen-bond donors (Lipinski definition) is 4. The van der Waals surface area contributed by atoms with Gasteiger partial charge in [0.25, 0.3) is 0 Å². The molecule has 1 aliphatic rings. The first-order valence-corrected chi connectivity index (χ1v) is 12.8. The molecule has 2 aromatic rings. The van der Waals surface area contributed by atoms with Crippen molar-refractivity contribution in [2.75, 3.05) is 30.3 Å². The van der Waals surface area contributed by atoms with Gasteiger partial charge in [0.2, 0.25) is 21.9 Å². The maximum atomic E-state index is 12.3. The molecular weight excluding hydrogens is 422 g/mol. The minimum Gasteiger partial charge on any atom is -0.354 e. The van der Waals surface area contributed by atoms with Crippen LogP contribution >= 0.6 is 11.3 Å². The Labute approximate surface area is 182 Å². The number of aromatic nitrogens is 3. The smallest absolute Gasteiger partial charge is 0.250 e. The number of rotatable bonds is 10. The van der Waals surface area contributed by atoms with Crippen LogP contribution in [0.3, 0.4) is 0 Å². The molecule has 1 atom stereocenters. The molecule has 30 heavy (non-hydrogen) atoms. The Morgan fingerprint density at radius 1 is 1.10 bits per heavy atom. The third kappa shape index (κ3) is 5.87. The van der Waals surface area contributed by atoms with Gasteiger partial charge in [-0.3, -0.25) is 0 Å². The Morgan fingerprint density at radius 2 is 1.73 bits per heavy atom. The highest BCUT2D eigenvalue weighted by Gasteiger charge is 2.29. The van der Waals surface area contributed by atoms with Crippen molar-refractivity contribution in [2.45, 2.75) is 49.8 Å². The molecule has 0 aliphatic heterocycles. The van der Waals surface area contributed by atoms with Gasteiger partial charge in [0.1, 0.15) is 4.21 Å². The Morgan fingerprint density at radius 3 is 2.27 bits per heavy atom. The lowest BCUT2D eigenvalue weighted by Crippen LogP contribution is -2.33. The second-order valence-corrected chi connectivity index (χ2v) is 10.4. The average Bonchev–Trinajstić information content (AvgIpc) is 3.29. The zero-order valence-electron chi connectivity index (χ0n) is 17.5. The van der Waals surface area contributed by atoms with Crippen molar-refractivity contribution in [3.63, 3.8) is 0 Å². The molecule has 0 amide bonds. The van der Waals surface area contributed by atoms with E-state index in [0.29, 0.717) is 34.4 Å². The van der Waals surface area contributed by atoms with Crippen molar-refractivity contribution >= 4 is 33.3 Å². The van der Waals surface area contributed by atoms with Crippen molar-refractivity contribution in [1.82, 2.24) is 19.7 Å². The second-order valence-electron chi connectivity index (χ2n) is 7.49. The minimum atomic E-state index is -3.41. The van der Waals surface area contributed by atoms with Crippen molar-refractivity contribution in [1.29, 1.82) is 0 Å². The van der Waals surface area contributed by atoms with Crippen molar-refractivity contribution in [2.24, 2.45) is 17.6 Å². The summed E-state index contributed by atoms with van der Waals surface area (Å²) in [5.74, 6) is 2.24. The molecule has 1 fully saturated rings. The first kappa shape index (κ1) is 22.9. The van der Waals surface area contributed by atoms with Crippen LogP contribution in [0.5, 0.6) is 0 Å². The SMILES string of the molecule is CCNc1nc(NCC)nc(C(N)C2CCC(CNS(=O)(=O)c3cccs3)CC2)n1. The molecule has 0 saturated heterocycles. The average molecular weight is 454 g/mol. The van der Waals surface area contributed by atoms with Crippen LogP contribution in [0, 0.1) is 11.8 Å². The molecule has 166 valence electrons. The number of nitrogens with zero attached hydrogens (tertiary/aromatic N) is 3. The molecule has 0 spiro atoms. The van der Waals surface area contributed by atoms with E-state index in [2.05, 4.69) is 30.3 Å². The van der Waals surface area contributed by atoms with Crippen LogP contribution in [0.2, 0.25) is 0 Å². The fourth-order valence-corrected chi connectivity index (χ4v) is 5.85. The van der Waals surface area contributed by atoms with Crippen LogP contribution in [0.4, 0.5) is 11.9 Å². The maximum absolute atomic E-state index is 12.3. The standard InChI is InChI=1S/C19H31N7O2S2/c1-3-21-18-24-17(25-19(26-18)22-4-2)16(20)14-9-7-13(8-10-14)12-23-30(27,28)15-6-5-11-29-15/h5-6,11,13-14,16,23H,3-4,7-10,12,20H2,1-2H3,(H2,21,22,24,25,26). The second kappa shape index (κ2) is 10.5. The van der Waals surface area contributed by atoms with Crippen LogP contribution in [-0.4, -0.2) is 43.0 Å². The van der Waals surface area contributed by atoms with Gasteiger partial charge in [-0.2, -0.15) is 15.0 Å². The van der Waals surface area contributed by atoms with Gasteiger partial charge in [-0.15, -0.1) is 11.3 Å². The van der Waals surface area contributed by atoms with Gasteiger partial charge in [-0.05, 0) is 62.8 Å². The first-order chi connectivity index (χ1) is 14.4. The fraction of sp³-hybridized carbons (Fsp3) is 0.632. The normalized spacial score (nSPS) is 20.6. The molecule has 1 unspecified atom stereocenters. The zero-order valence-corrected chi connectivity index (χ0v) is 19.1. The largest absolute Gasteiger partial charge is 0.354 e. The zero-order chi connectivity index (χ0) is 21.6. The van der Waals surface area contributed by atoms with Crippen LogP contribution in [0.25, 0.3) is 0 Å². The summed E-state index contributed by atoms with van der Waals surface area (Å²) >= 11 is 1.23. The molecular formula is C19H31N7O2S2. The monoisotopic (exact) mass is 453 g/mol. The topological polar surface area (TPSA) is 135 Å². The predicted octanol–water partition coefficient (Wildman–Crippen LogP) is 2.58. The molecule has 0 aromatic carbocycles. The van der Waals surface area contributed by atoms with Crippen molar-refractivity contribution in [3.05, 3.63) is 23.3 Å². The van der Waals surface area contributed by atoms with E-state index in [4.69, 9.17) is 5.73 Å². The van der Waals surface area contributed by atoms with Crippen LogP contribution < -0.4 is 21.1 Å². The van der Waals surface area contributed by atoms with Crippen molar-refractivity contribution < 1.29 is 8.42 Å². The third-order valence-corrected chi connectivity index (χ3v) is 8.16. The summed E-state index contributed by atoms with van der Waals surface area (Å²) in [7, 11) is -3.41. The summed E-state index contributed by atoms with van der Waals surface area (Å²) in [4.78, 5) is 13.4. The third-order valence-electron chi connectivity index (χ3n) is 5.34. The minimum absolute atomic E-state index is 0.265. The van der Waals surface area contributed by atoms with E-state index in [-0.39, 0.29) is 12.0 Å². The Kier molecular flexibility index (Phi) is 7.98. The number of nitrogens with one attached hydrogen (secondary N) is 3.